The van der Waals surface area contributed by atoms with Gasteiger partial charge in [-0.15, -0.1) is 0 Å². The number of piperazine rings is 1. The Bertz CT molecular complexity index is 797. The summed E-state index contributed by atoms with van der Waals surface area (Å²) in [5, 5.41) is 0. The standard InChI is InChI=1S/C21H25N3O3/c1-27-19-5-3-2-4-18(19)23-12-14-24(15-13-23)20(25)11-8-16-6-9-17(10-7-16)21(22)26/h2-7,9-10H,8,11-15H2,1H3,(H2,22,26). The van der Waals surface area contributed by atoms with E-state index in [1.807, 2.05) is 41.3 Å². The first-order chi connectivity index (χ1) is 13.1. The third-order valence-corrected chi connectivity index (χ3v) is 4.92. The molecule has 6 heteroatoms. The third-order valence-electron chi connectivity index (χ3n) is 4.92. The van der Waals surface area contributed by atoms with Crippen molar-refractivity contribution in [3.63, 3.8) is 0 Å². The third kappa shape index (κ3) is 4.58. The van der Waals surface area contributed by atoms with E-state index in [1.54, 1.807) is 19.2 Å². The fourth-order valence-electron chi connectivity index (χ4n) is 3.33. The van der Waals surface area contributed by atoms with Gasteiger partial charge in [0.25, 0.3) is 0 Å². The number of hydrogen-bond acceptors (Lipinski definition) is 4. The minimum absolute atomic E-state index is 0.161. The van der Waals surface area contributed by atoms with Crippen molar-refractivity contribution in [2.45, 2.75) is 12.8 Å². The molecule has 6 nitrogen and oxygen atoms in total. The zero-order chi connectivity index (χ0) is 19.2. The predicted octanol–water partition coefficient (Wildman–Crippen LogP) is 2.08. The van der Waals surface area contributed by atoms with Gasteiger partial charge in [0, 0.05) is 38.2 Å². The molecule has 0 aliphatic carbocycles. The van der Waals surface area contributed by atoms with E-state index in [2.05, 4.69) is 4.90 Å². The summed E-state index contributed by atoms with van der Waals surface area (Å²) in [7, 11) is 1.68. The van der Waals surface area contributed by atoms with Crippen molar-refractivity contribution in [3.8, 4) is 5.75 Å². The quantitative estimate of drug-likeness (QED) is 0.848. The first-order valence-electron chi connectivity index (χ1n) is 9.13. The van der Waals surface area contributed by atoms with Gasteiger partial charge in [-0.2, -0.15) is 0 Å². The maximum Gasteiger partial charge on any atom is 0.248 e. The molecule has 0 unspecified atom stereocenters. The average Bonchev–Trinajstić information content (AvgIpc) is 2.72. The Hall–Kier alpha value is -3.02. The Labute approximate surface area is 159 Å². The summed E-state index contributed by atoms with van der Waals surface area (Å²) in [6, 6.07) is 15.1. The number of anilines is 1. The fourth-order valence-corrected chi connectivity index (χ4v) is 3.33. The number of rotatable bonds is 6. The van der Waals surface area contributed by atoms with Gasteiger partial charge in [-0.25, -0.2) is 0 Å². The number of carbonyl (C=O) groups is 2. The number of aryl methyl sites for hydroxylation is 1. The first kappa shape index (κ1) is 18.8. The van der Waals surface area contributed by atoms with Crippen molar-refractivity contribution in [2.75, 3.05) is 38.2 Å². The second kappa shape index (κ2) is 8.58. The normalized spacial score (nSPS) is 14.1. The summed E-state index contributed by atoms with van der Waals surface area (Å²) in [5.41, 5.74) is 7.83. The van der Waals surface area contributed by atoms with Crippen LogP contribution in [0.1, 0.15) is 22.3 Å². The number of para-hydroxylation sites is 2. The predicted molar refractivity (Wildman–Crippen MR) is 105 cm³/mol. The smallest absolute Gasteiger partial charge is 0.248 e. The van der Waals surface area contributed by atoms with Gasteiger partial charge in [0.05, 0.1) is 12.8 Å². The van der Waals surface area contributed by atoms with Crippen molar-refractivity contribution < 1.29 is 14.3 Å². The molecular weight excluding hydrogens is 342 g/mol. The highest BCUT2D eigenvalue weighted by atomic mass is 16.5. The zero-order valence-corrected chi connectivity index (χ0v) is 15.6. The Morgan fingerprint density at radius 3 is 2.30 bits per heavy atom. The Balaban J connectivity index is 1.50. The number of nitrogens with two attached hydrogens (primary N) is 1. The minimum atomic E-state index is -0.439. The molecule has 1 aliphatic heterocycles. The molecule has 0 spiro atoms. The molecule has 0 saturated carbocycles. The van der Waals surface area contributed by atoms with E-state index in [9.17, 15) is 9.59 Å². The second-order valence-electron chi connectivity index (χ2n) is 6.60. The Morgan fingerprint density at radius 2 is 1.67 bits per heavy atom. The van der Waals surface area contributed by atoms with Crippen LogP contribution in [0.2, 0.25) is 0 Å². The molecule has 2 aromatic rings. The van der Waals surface area contributed by atoms with Crippen LogP contribution in [0.15, 0.2) is 48.5 Å². The highest BCUT2D eigenvalue weighted by Crippen LogP contribution is 2.28. The van der Waals surface area contributed by atoms with Crippen molar-refractivity contribution in [1.82, 2.24) is 4.90 Å². The molecule has 3 rings (SSSR count). The number of hydrogen-bond donors (Lipinski definition) is 1. The van der Waals surface area contributed by atoms with Crippen LogP contribution in [0.3, 0.4) is 0 Å². The summed E-state index contributed by atoms with van der Waals surface area (Å²) in [5.74, 6) is 0.580. The number of methoxy groups -OCH3 is 1. The lowest BCUT2D eigenvalue weighted by Gasteiger charge is -2.36. The van der Waals surface area contributed by atoms with Crippen molar-refractivity contribution >= 4 is 17.5 Å². The maximum absolute atomic E-state index is 12.5. The van der Waals surface area contributed by atoms with Gasteiger partial charge in [0.2, 0.25) is 11.8 Å². The van der Waals surface area contributed by atoms with Crippen LogP contribution in [-0.4, -0.2) is 50.0 Å². The van der Waals surface area contributed by atoms with Gasteiger partial charge in [0.1, 0.15) is 5.75 Å². The molecule has 2 N–H and O–H groups in total. The van der Waals surface area contributed by atoms with Crippen LogP contribution in [0.4, 0.5) is 5.69 Å². The number of carbonyl (C=O) groups excluding carboxylic acids is 2. The highest BCUT2D eigenvalue weighted by molar-refractivity contribution is 5.92. The molecule has 0 bridgehead atoms. The Morgan fingerprint density at radius 1 is 1.00 bits per heavy atom. The van der Waals surface area contributed by atoms with Crippen LogP contribution in [0.5, 0.6) is 5.75 Å². The number of ether oxygens (including phenoxy) is 1. The lowest BCUT2D eigenvalue weighted by atomic mass is 10.1. The maximum atomic E-state index is 12.5. The minimum Gasteiger partial charge on any atom is -0.495 e. The fraction of sp³-hybridized carbons (Fsp3) is 0.333. The average molecular weight is 367 g/mol. The van der Waals surface area contributed by atoms with Gasteiger partial charge in [0.15, 0.2) is 0 Å². The van der Waals surface area contributed by atoms with Crippen molar-refractivity contribution in [3.05, 3.63) is 59.7 Å². The summed E-state index contributed by atoms with van der Waals surface area (Å²) in [6.45, 7) is 2.99. The summed E-state index contributed by atoms with van der Waals surface area (Å²) < 4.78 is 5.43. The highest BCUT2D eigenvalue weighted by Gasteiger charge is 2.22. The molecule has 0 aromatic heterocycles. The zero-order valence-electron chi connectivity index (χ0n) is 15.6. The van der Waals surface area contributed by atoms with Gasteiger partial charge in [-0.05, 0) is 36.2 Å². The summed E-state index contributed by atoms with van der Waals surface area (Å²) in [6.07, 6.45) is 1.12. The molecule has 0 atom stereocenters. The summed E-state index contributed by atoms with van der Waals surface area (Å²) >= 11 is 0. The summed E-state index contributed by atoms with van der Waals surface area (Å²) in [4.78, 5) is 27.8. The van der Waals surface area contributed by atoms with Gasteiger partial charge in [-0.1, -0.05) is 24.3 Å². The molecule has 1 aliphatic rings. The molecule has 2 aromatic carbocycles. The van der Waals surface area contributed by atoms with Crippen LogP contribution in [0.25, 0.3) is 0 Å². The van der Waals surface area contributed by atoms with E-state index in [-0.39, 0.29) is 5.91 Å². The number of primary amides is 1. The molecule has 1 fully saturated rings. The number of nitrogens with zero attached hydrogens (tertiary/aromatic N) is 2. The van der Waals surface area contributed by atoms with E-state index in [1.165, 1.54) is 0 Å². The molecule has 1 saturated heterocycles. The van der Waals surface area contributed by atoms with E-state index >= 15 is 0 Å². The largest absolute Gasteiger partial charge is 0.495 e. The van der Waals surface area contributed by atoms with Gasteiger partial charge in [-0.3, -0.25) is 9.59 Å². The molecular formula is C21H25N3O3. The van der Waals surface area contributed by atoms with Crippen LogP contribution < -0.4 is 15.4 Å². The van der Waals surface area contributed by atoms with E-state index in [4.69, 9.17) is 10.5 Å². The van der Waals surface area contributed by atoms with Crippen molar-refractivity contribution in [1.29, 1.82) is 0 Å². The van der Waals surface area contributed by atoms with Crippen LogP contribution >= 0.6 is 0 Å². The lowest BCUT2D eigenvalue weighted by Crippen LogP contribution is -2.48. The van der Waals surface area contributed by atoms with Crippen LogP contribution in [0, 0.1) is 0 Å². The van der Waals surface area contributed by atoms with Crippen molar-refractivity contribution in [2.24, 2.45) is 5.73 Å². The topological polar surface area (TPSA) is 75.9 Å². The van der Waals surface area contributed by atoms with E-state index in [0.29, 0.717) is 31.5 Å². The molecule has 0 radical (unpaired) electrons. The monoisotopic (exact) mass is 367 g/mol. The molecule has 1 heterocycles. The number of benzene rings is 2. The van der Waals surface area contributed by atoms with E-state index in [0.717, 1.165) is 30.1 Å². The van der Waals surface area contributed by atoms with E-state index < -0.39 is 5.91 Å². The lowest BCUT2D eigenvalue weighted by molar-refractivity contribution is -0.131. The van der Waals surface area contributed by atoms with Crippen LogP contribution in [-0.2, 0) is 11.2 Å². The Kier molecular flexibility index (Phi) is 5.96. The SMILES string of the molecule is COc1ccccc1N1CCN(C(=O)CCc2ccc(C(N)=O)cc2)CC1. The molecule has 2 amide bonds. The first-order valence-corrected chi connectivity index (χ1v) is 9.13. The second-order valence-corrected chi connectivity index (χ2v) is 6.60. The number of amides is 2. The van der Waals surface area contributed by atoms with Gasteiger partial charge < -0.3 is 20.3 Å². The molecule has 142 valence electrons. The molecule has 27 heavy (non-hydrogen) atoms. The van der Waals surface area contributed by atoms with Gasteiger partial charge >= 0.3 is 0 Å².